The number of ether oxygens (including phenoxy) is 1. The molecule has 4 heterocycles. The molecule has 9 nitrogen and oxygen atoms in total. The Kier molecular flexibility index (Phi) is 6.58. The summed E-state index contributed by atoms with van der Waals surface area (Å²) in [6, 6.07) is 6.32. The van der Waals surface area contributed by atoms with E-state index in [4.69, 9.17) is 16.3 Å². The molecule has 0 atom stereocenters. The molecule has 5 rings (SSSR count). The van der Waals surface area contributed by atoms with Crippen LogP contribution in [-0.4, -0.2) is 33.2 Å². The first-order valence-electron chi connectivity index (χ1n) is 10.4. The van der Waals surface area contributed by atoms with Crippen molar-refractivity contribution in [3.8, 4) is 33.9 Å². The van der Waals surface area contributed by atoms with Crippen LogP contribution in [0.3, 0.4) is 0 Å². The van der Waals surface area contributed by atoms with E-state index in [0.717, 1.165) is 12.1 Å². The Labute approximate surface area is 218 Å². The number of halogens is 3. The summed E-state index contributed by atoms with van der Waals surface area (Å²) in [6.45, 7) is 0. The minimum Gasteiger partial charge on any atom is -0.453 e. The molecule has 0 spiro atoms. The molecule has 0 fully saturated rings. The number of benzene rings is 1. The maximum Gasteiger partial charge on any atom is 0.266 e. The van der Waals surface area contributed by atoms with E-state index >= 15 is 0 Å². The highest BCUT2D eigenvalue weighted by molar-refractivity contribution is 7.92. The predicted octanol–water partition coefficient (Wildman–Crippen LogP) is 5.53. The third-order valence-corrected chi connectivity index (χ3v) is 7.32. The highest BCUT2D eigenvalue weighted by Gasteiger charge is 2.24. The first kappa shape index (κ1) is 24.7. The van der Waals surface area contributed by atoms with Crippen molar-refractivity contribution < 1.29 is 21.9 Å². The average molecular weight is 561 g/mol. The molecule has 0 radical (unpaired) electrons. The van der Waals surface area contributed by atoms with Gasteiger partial charge in [0.1, 0.15) is 16.5 Å². The number of hydrogen-bond acceptors (Lipinski definition) is 8. The van der Waals surface area contributed by atoms with E-state index in [2.05, 4.69) is 24.8 Å². The van der Waals surface area contributed by atoms with Gasteiger partial charge in [-0.25, -0.2) is 22.8 Å². The van der Waals surface area contributed by atoms with Crippen molar-refractivity contribution in [3.05, 3.63) is 82.8 Å². The summed E-state index contributed by atoms with van der Waals surface area (Å²) in [7, 11) is -2.56. The van der Waals surface area contributed by atoms with Gasteiger partial charge in [0.25, 0.3) is 10.0 Å². The van der Waals surface area contributed by atoms with Crippen molar-refractivity contribution in [2.45, 2.75) is 4.90 Å². The summed E-state index contributed by atoms with van der Waals surface area (Å²) >= 11 is 7.48. The third-order valence-electron chi connectivity index (χ3n) is 5.07. The van der Waals surface area contributed by atoms with Crippen LogP contribution in [0.5, 0.6) is 11.5 Å². The summed E-state index contributed by atoms with van der Waals surface area (Å²) in [4.78, 5) is 11.1. The SMILES string of the molecule is Cn1cc(-c2cc(-c3ccnc(F)c3)ncc2Oc2cc(F)c(S(=O)(=O)Nc3cscn3)cc2Cl)cn1. The van der Waals surface area contributed by atoms with Gasteiger partial charge >= 0.3 is 0 Å². The summed E-state index contributed by atoms with van der Waals surface area (Å²) in [5.41, 5.74) is 3.49. The van der Waals surface area contributed by atoms with Gasteiger partial charge in [-0.1, -0.05) is 11.6 Å². The lowest BCUT2D eigenvalue weighted by molar-refractivity contribution is 0.473. The molecule has 1 aromatic carbocycles. The summed E-state index contributed by atoms with van der Waals surface area (Å²) in [5, 5.41) is 5.47. The standard InChI is InChI=1S/C23H15ClF2N6O3S2/c1-32-10-14(8-30-32)15-5-18(13-2-3-27-22(26)4-13)28-9-20(15)35-19-7-17(25)21(6-16(19)24)37(33,34)31-23-11-36-12-29-23/h2-12,31H,1H3. The number of pyridine rings is 2. The molecule has 188 valence electrons. The summed E-state index contributed by atoms with van der Waals surface area (Å²) in [6.07, 6.45) is 6.00. The molecule has 0 aliphatic heterocycles. The van der Waals surface area contributed by atoms with E-state index < -0.39 is 26.7 Å². The number of nitrogens with zero attached hydrogens (tertiary/aromatic N) is 5. The quantitative estimate of drug-likeness (QED) is 0.261. The van der Waals surface area contributed by atoms with E-state index in [-0.39, 0.29) is 22.3 Å². The van der Waals surface area contributed by atoms with E-state index in [1.54, 1.807) is 36.3 Å². The number of hydrogen-bond donors (Lipinski definition) is 1. The summed E-state index contributed by atoms with van der Waals surface area (Å²) < 4.78 is 63.6. The van der Waals surface area contributed by atoms with Crippen molar-refractivity contribution in [2.75, 3.05) is 4.72 Å². The second-order valence-corrected chi connectivity index (χ2v) is 10.4. The van der Waals surface area contributed by atoms with Crippen molar-refractivity contribution in [1.82, 2.24) is 24.7 Å². The lowest BCUT2D eigenvalue weighted by atomic mass is 10.1. The van der Waals surface area contributed by atoms with Crippen LogP contribution in [0.2, 0.25) is 5.02 Å². The lowest BCUT2D eigenvalue weighted by Gasteiger charge is -2.14. The second-order valence-electron chi connectivity index (χ2n) is 7.63. The molecule has 0 aliphatic carbocycles. The fraction of sp³-hybridized carbons (Fsp3) is 0.0435. The number of aromatic nitrogens is 5. The van der Waals surface area contributed by atoms with Crippen LogP contribution in [0.1, 0.15) is 0 Å². The normalized spacial score (nSPS) is 11.5. The second kappa shape index (κ2) is 9.84. The molecule has 1 N–H and O–H groups in total. The van der Waals surface area contributed by atoms with Crippen LogP contribution in [0.4, 0.5) is 14.6 Å². The molecule has 5 aromatic rings. The van der Waals surface area contributed by atoms with Gasteiger partial charge in [-0.15, -0.1) is 11.3 Å². The van der Waals surface area contributed by atoms with E-state index in [0.29, 0.717) is 22.4 Å². The number of sulfonamides is 1. The Bertz CT molecular complexity index is 1710. The van der Waals surface area contributed by atoms with E-state index in [1.807, 2.05) is 0 Å². The monoisotopic (exact) mass is 560 g/mol. The van der Waals surface area contributed by atoms with Gasteiger partial charge in [0.15, 0.2) is 11.6 Å². The molecular formula is C23H15ClF2N6O3S2. The Hall–Kier alpha value is -3.94. The molecule has 4 aromatic heterocycles. The molecule has 14 heteroatoms. The van der Waals surface area contributed by atoms with Gasteiger partial charge in [-0.2, -0.15) is 9.49 Å². The maximum absolute atomic E-state index is 15.0. The number of nitrogens with one attached hydrogen (secondary N) is 1. The molecular weight excluding hydrogens is 546 g/mol. The number of thiazole rings is 1. The highest BCUT2D eigenvalue weighted by atomic mass is 35.5. The zero-order chi connectivity index (χ0) is 26.2. The number of anilines is 1. The van der Waals surface area contributed by atoms with Gasteiger partial charge < -0.3 is 4.74 Å². The van der Waals surface area contributed by atoms with Crippen molar-refractivity contribution in [3.63, 3.8) is 0 Å². The van der Waals surface area contributed by atoms with Crippen LogP contribution in [0.25, 0.3) is 22.4 Å². The number of aryl methyl sites for hydroxylation is 1. The van der Waals surface area contributed by atoms with Crippen LogP contribution >= 0.6 is 22.9 Å². The van der Waals surface area contributed by atoms with E-state index in [1.165, 1.54) is 40.7 Å². The van der Waals surface area contributed by atoms with Crippen molar-refractivity contribution in [1.29, 1.82) is 0 Å². The van der Waals surface area contributed by atoms with Gasteiger partial charge in [0, 0.05) is 53.6 Å². The zero-order valence-corrected chi connectivity index (χ0v) is 21.2. The topological polar surface area (TPSA) is 112 Å². The van der Waals surface area contributed by atoms with Crippen LogP contribution in [0, 0.1) is 11.8 Å². The Balaban J connectivity index is 1.53. The molecule has 0 unspecified atom stereocenters. The van der Waals surface area contributed by atoms with Crippen molar-refractivity contribution in [2.24, 2.45) is 7.05 Å². The minimum absolute atomic E-state index is 0.0576. The molecule has 37 heavy (non-hydrogen) atoms. The molecule has 0 amide bonds. The van der Waals surface area contributed by atoms with Gasteiger partial charge in [0.05, 0.1) is 28.6 Å². The molecule has 0 aliphatic rings. The first-order chi connectivity index (χ1) is 17.7. The molecule has 0 bridgehead atoms. The fourth-order valence-corrected chi connectivity index (χ4v) is 5.31. The Morgan fingerprint density at radius 2 is 1.89 bits per heavy atom. The van der Waals surface area contributed by atoms with Crippen molar-refractivity contribution >= 4 is 38.8 Å². The van der Waals surface area contributed by atoms with Crippen LogP contribution in [0.15, 0.2) is 70.9 Å². The van der Waals surface area contributed by atoms with Gasteiger partial charge in [-0.3, -0.25) is 14.4 Å². The Morgan fingerprint density at radius 1 is 1.05 bits per heavy atom. The molecule has 0 saturated carbocycles. The fourth-order valence-electron chi connectivity index (χ4n) is 3.40. The maximum atomic E-state index is 15.0. The minimum atomic E-state index is -4.29. The Morgan fingerprint density at radius 3 is 2.59 bits per heavy atom. The van der Waals surface area contributed by atoms with Gasteiger partial charge in [-0.05, 0) is 18.2 Å². The average Bonchev–Trinajstić information content (AvgIpc) is 3.52. The molecule has 0 saturated heterocycles. The smallest absolute Gasteiger partial charge is 0.266 e. The first-order valence-corrected chi connectivity index (χ1v) is 13.2. The summed E-state index contributed by atoms with van der Waals surface area (Å²) in [5.74, 6) is -1.64. The highest BCUT2D eigenvalue weighted by Crippen LogP contribution is 2.39. The third kappa shape index (κ3) is 5.28. The van der Waals surface area contributed by atoms with E-state index in [9.17, 15) is 17.2 Å². The lowest BCUT2D eigenvalue weighted by Crippen LogP contribution is -2.15. The van der Waals surface area contributed by atoms with Gasteiger partial charge in [0.2, 0.25) is 5.95 Å². The number of rotatable bonds is 7. The zero-order valence-electron chi connectivity index (χ0n) is 18.8. The van der Waals surface area contributed by atoms with Crippen LogP contribution < -0.4 is 9.46 Å². The van der Waals surface area contributed by atoms with Crippen LogP contribution in [-0.2, 0) is 17.1 Å². The predicted molar refractivity (Wildman–Crippen MR) is 134 cm³/mol. The largest absolute Gasteiger partial charge is 0.453 e.